The molecule has 1 aliphatic heterocycles. The fourth-order valence-corrected chi connectivity index (χ4v) is 3.85. The lowest BCUT2D eigenvalue weighted by molar-refractivity contribution is -0.115. The van der Waals surface area contributed by atoms with E-state index >= 15 is 0 Å². The summed E-state index contributed by atoms with van der Waals surface area (Å²) in [5.41, 5.74) is 6.09. The number of rotatable bonds is 5. The Morgan fingerprint density at radius 2 is 1.93 bits per heavy atom. The van der Waals surface area contributed by atoms with Gasteiger partial charge < -0.3 is 16.2 Å². The van der Waals surface area contributed by atoms with Gasteiger partial charge in [0.1, 0.15) is 10.6 Å². The first kappa shape index (κ1) is 21.2. The maximum atomic E-state index is 14.4. The second-order valence-corrected chi connectivity index (χ2v) is 7.34. The first-order valence-electron chi connectivity index (χ1n) is 8.67. The molecule has 0 aliphatic carbocycles. The average Bonchev–Trinajstić information content (AvgIpc) is 3.09. The van der Waals surface area contributed by atoms with Crippen LogP contribution in [0.15, 0.2) is 53.3 Å². The zero-order chi connectivity index (χ0) is 22.0. The van der Waals surface area contributed by atoms with Crippen molar-refractivity contribution in [1.82, 2.24) is 5.01 Å². The minimum atomic E-state index is -1.39. The zero-order valence-electron chi connectivity index (χ0n) is 15.8. The molecule has 0 atom stereocenters. The first-order valence-corrected chi connectivity index (χ1v) is 9.55. The average molecular weight is 432 g/mol. The lowest BCUT2D eigenvalue weighted by Gasteiger charge is -2.19. The number of thiophene rings is 1. The van der Waals surface area contributed by atoms with Gasteiger partial charge in [-0.25, -0.2) is 19.4 Å². The van der Waals surface area contributed by atoms with E-state index in [4.69, 9.17) is 11.6 Å². The van der Waals surface area contributed by atoms with E-state index in [1.165, 1.54) is 29.4 Å². The molecule has 7 nitrogen and oxygen atoms in total. The summed E-state index contributed by atoms with van der Waals surface area (Å²) in [6.07, 6.45) is 6.33. The molecule has 6 N–H and O–H groups in total. The third kappa shape index (κ3) is 4.09. The van der Waals surface area contributed by atoms with Crippen molar-refractivity contribution in [2.24, 2.45) is 11.6 Å². The van der Waals surface area contributed by atoms with Gasteiger partial charge in [-0.05, 0) is 24.6 Å². The summed E-state index contributed by atoms with van der Waals surface area (Å²) in [5.74, 6) is 1.59. The standard InChI is InChI=1S/C20H18F2N4O3S/c1-10-5-6-11(18(22)17(10)21)12-9-30-19(16(12)20(28)29)25-15(27)8-13(23)14-4-2-3-7-26(14)24/h2-7,9H,8,23-24H2,1H3,(H,25,27)(H,28,29)/b14-13+. The number of carbonyl (C=O) groups is 2. The number of nitrogens with zero attached hydrogens (tertiary/aromatic N) is 1. The molecular formula is C20H18F2N4O3S. The van der Waals surface area contributed by atoms with Crippen LogP contribution in [-0.2, 0) is 4.79 Å². The van der Waals surface area contributed by atoms with Crippen molar-refractivity contribution in [3.8, 4) is 11.1 Å². The summed E-state index contributed by atoms with van der Waals surface area (Å²) in [5, 5.41) is 14.7. The van der Waals surface area contributed by atoms with Crippen LogP contribution in [-0.4, -0.2) is 22.0 Å². The SMILES string of the molecule is Cc1ccc(-c2csc(NC(=O)C/C(N)=C3/C=CC=CN3N)c2C(=O)O)c(F)c1F. The topological polar surface area (TPSA) is 122 Å². The maximum absolute atomic E-state index is 14.4. The van der Waals surface area contributed by atoms with E-state index < -0.39 is 23.5 Å². The van der Waals surface area contributed by atoms with E-state index in [-0.39, 0.29) is 39.4 Å². The predicted octanol–water partition coefficient (Wildman–Crippen LogP) is 3.46. The van der Waals surface area contributed by atoms with Crippen molar-refractivity contribution in [3.63, 3.8) is 0 Å². The van der Waals surface area contributed by atoms with E-state index in [9.17, 15) is 23.5 Å². The Morgan fingerprint density at radius 1 is 1.20 bits per heavy atom. The summed E-state index contributed by atoms with van der Waals surface area (Å²) in [4.78, 5) is 24.2. The van der Waals surface area contributed by atoms with Crippen LogP contribution in [0, 0.1) is 18.6 Å². The number of allylic oxidation sites excluding steroid dienone is 3. The van der Waals surface area contributed by atoms with Crippen LogP contribution in [0.25, 0.3) is 11.1 Å². The van der Waals surface area contributed by atoms with Crippen molar-refractivity contribution < 1.29 is 23.5 Å². The van der Waals surface area contributed by atoms with Gasteiger partial charge in [0, 0.05) is 28.4 Å². The summed E-state index contributed by atoms with van der Waals surface area (Å²) >= 11 is 0.891. The Balaban J connectivity index is 1.89. The van der Waals surface area contributed by atoms with E-state index in [1.54, 1.807) is 24.4 Å². The third-order valence-electron chi connectivity index (χ3n) is 4.39. The number of aryl methyl sites for hydroxylation is 1. The van der Waals surface area contributed by atoms with E-state index in [2.05, 4.69) is 5.32 Å². The number of carboxylic acid groups (broad SMARTS) is 1. The molecule has 0 radical (unpaired) electrons. The molecule has 1 aliphatic rings. The largest absolute Gasteiger partial charge is 0.478 e. The second kappa shape index (κ2) is 8.47. The van der Waals surface area contributed by atoms with Gasteiger partial charge in [-0.15, -0.1) is 11.3 Å². The highest BCUT2D eigenvalue weighted by Gasteiger charge is 2.24. The summed E-state index contributed by atoms with van der Waals surface area (Å²) in [6.45, 7) is 1.40. The van der Waals surface area contributed by atoms with Gasteiger partial charge in [0.05, 0.1) is 12.1 Å². The Labute approximate surface area is 174 Å². The molecule has 1 aromatic heterocycles. The molecule has 156 valence electrons. The minimum Gasteiger partial charge on any atom is -0.478 e. The molecule has 30 heavy (non-hydrogen) atoms. The molecule has 0 saturated heterocycles. The highest BCUT2D eigenvalue weighted by molar-refractivity contribution is 7.15. The summed E-state index contributed by atoms with van der Waals surface area (Å²) < 4.78 is 28.3. The molecule has 0 spiro atoms. The molecule has 3 rings (SSSR count). The maximum Gasteiger partial charge on any atom is 0.339 e. The molecule has 0 unspecified atom stereocenters. The first-order chi connectivity index (χ1) is 14.2. The Bertz CT molecular complexity index is 1120. The van der Waals surface area contributed by atoms with Gasteiger partial charge in [0.2, 0.25) is 5.91 Å². The van der Waals surface area contributed by atoms with Gasteiger partial charge in [-0.2, -0.15) is 0 Å². The second-order valence-electron chi connectivity index (χ2n) is 6.46. The van der Waals surface area contributed by atoms with Crippen LogP contribution in [0.4, 0.5) is 13.8 Å². The number of carbonyl (C=O) groups excluding carboxylic acids is 1. The van der Waals surface area contributed by atoms with Gasteiger partial charge >= 0.3 is 5.97 Å². The van der Waals surface area contributed by atoms with Crippen molar-refractivity contribution in [3.05, 3.63) is 76.1 Å². The highest BCUT2D eigenvalue weighted by Crippen LogP contribution is 2.38. The predicted molar refractivity (Wildman–Crippen MR) is 110 cm³/mol. The van der Waals surface area contributed by atoms with Crippen molar-refractivity contribution in [1.29, 1.82) is 0 Å². The Kier molecular flexibility index (Phi) is 5.99. The normalized spacial score (nSPS) is 14.7. The van der Waals surface area contributed by atoms with Crippen LogP contribution in [0.2, 0.25) is 0 Å². The van der Waals surface area contributed by atoms with Crippen LogP contribution in [0.3, 0.4) is 0 Å². The Hall–Kier alpha value is -3.50. The zero-order valence-corrected chi connectivity index (χ0v) is 16.6. The van der Waals surface area contributed by atoms with Crippen LogP contribution in [0.5, 0.6) is 0 Å². The number of aromatic carboxylic acids is 1. The molecule has 0 saturated carbocycles. The highest BCUT2D eigenvalue weighted by atomic mass is 32.1. The van der Waals surface area contributed by atoms with E-state index in [0.29, 0.717) is 5.70 Å². The van der Waals surface area contributed by atoms with Gasteiger partial charge in [0.25, 0.3) is 0 Å². The number of halogens is 2. The fourth-order valence-electron chi connectivity index (χ4n) is 2.88. The molecule has 0 bridgehead atoms. The van der Waals surface area contributed by atoms with Crippen LogP contribution in [0.1, 0.15) is 22.3 Å². The number of anilines is 1. The van der Waals surface area contributed by atoms with Gasteiger partial charge in [-0.1, -0.05) is 18.2 Å². The summed E-state index contributed by atoms with van der Waals surface area (Å²) in [7, 11) is 0. The van der Waals surface area contributed by atoms with Crippen molar-refractivity contribution in [2.45, 2.75) is 13.3 Å². The molecular weight excluding hydrogens is 414 g/mol. The third-order valence-corrected chi connectivity index (χ3v) is 5.29. The lowest BCUT2D eigenvalue weighted by atomic mass is 10.0. The number of hydrazine groups is 1. The van der Waals surface area contributed by atoms with Crippen molar-refractivity contribution >= 4 is 28.2 Å². The van der Waals surface area contributed by atoms with Gasteiger partial charge in [0.15, 0.2) is 11.6 Å². The summed E-state index contributed by atoms with van der Waals surface area (Å²) in [6, 6.07) is 2.65. The molecule has 1 amide bonds. The smallest absolute Gasteiger partial charge is 0.339 e. The van der Waals surface area contributed by atoms with E-state index in [1.807, 2.05) is 0 Å². The number of benzene rings is 1. The number of nitrogens with one attached hydrogen (secondary N) is 1. The Morgan fingerprint density at radius 3 is 2.60 bits per heavy atom. The van der Waals surface area contributed by atoms with Crippen molar-refractivity contribution in [2.75, 3.05) is 5.32 Å². The fraction of sp³-hybridized carbons (Fsp3) is 0.100. The van der Waals surface area contributed by atoms with E-state index in [0.717, 1.165) is 11.3 Å². The number of amides is 1. The molecule has 1 aromatic carbocycles. The molecule has 2 aromatic rings. The number of hydrogen-bond acceptors (Lipinski definition) is 6. The molecule has 0 fully saturated rings. The van der Waals surface area contributed by atoms with Crippen LogP contribution < -0.4 is 16.9 Å². The quantitative estimate of drug-likeness (QED) is 0.537. The monoisotopic (exact) mass is 432 g/mol. The molecule has 2 heterocycles. The number of carboxylic acids is 1. The van der Waals surface area contributed by atoms with Crippen LogP contribution >= 0.6 is 11.3 Å². The number of nitrogens with two attached hydrogens (primary N) is 2. The minimum absolute atomic E-state index is 0.00984. The lowest BCUT2D eigenvalue weighted by Crippen LogP contribution is -2.28. The molecule has 10 heteroatoms. The van der Waals surface area contributed by atoms with Gasteiger partial charge in [-0.3, -0.25) is 9.80 Å². The number of hydrogen-bond donors (Lipinski definition) is 4.